The summed E-state index contributed by atoms with van der Waals surface area (Å²) < 4.78 is 14.9. The molecule has 3 heterocycles. The molecule has 1 amide bonds. The second kappa shape index (κ2) is 8.61. The molecule has 0 spiro atoms. The van der Waals surface area contributed by atoms with E-state index in [1.54, 1.807) is 0 Å². The average molecular weight is 529 g/mol. The normalized spacial score (nSPS) is 15.5. The Morgan fingerprint density at radius 1 is 1.09 bits per heavy atom. The average Bonchev–Trinajstić information content (AvgIpc) is 3.43. The minimum absolute atomic E-state index is 0.105. The minimum atomic E-state index is -0.237. The molecule has 1 aliphatic heterocycles. The summed E-state index contributed by atoms with van der Waals surface area (Å²) in [5.41, 5.74) is 5.38. The number of furan rings is 1. The number of para-hydroxylation sites is 1. The summed E-state index contributed by atoms with van der Waals surface area (Å²) in [6.07, 6.45) is 0.793. The van der Waals surface area contributed by atoms with Crippen LogP contribution >= 0.6 is 15.9 Å². The van der Waals surface area contributed by atoms with Gasteiger partial charge in [-0.2, -0.15) is 0 Å². The van der Waals surface area contributed by atoms with Gasteiger partial charge in [-0.15, -0.1) is 0 Å². The minimum Gasteiger partial charge on any atom is -0.494 e. The number of benzene rings is 3. The fourth-order valence-electron chi connectivity index (χ4n) is 5.34. The maximum Gasteiger partial charge on any atom is 0.290 e. The number of fused-ring (bicyclic) bond motifs is 4. The van der Waals surface area contributed by atoms with Crippen molar-refractivity contribution in [3.05, 3.63) is 99.9 Å². The van der Waals surface area contributed by atoms with E-state index in [-0.39, 0.29) is 11.9 Å². The maximum absolute atomic E-state index is 13.9. The van der Waals surface area contributed by atoms with E-state index in [4.69, 9.17) is 9.15 Å². The molecule has 0 fully saturated rings. The van der Waals surface area contributed by atoms with Crippen LogP contribution in [0.15, 0.2) is 81.7 Å². The smallest absolute Gasteiger partial charge is 0.290 e. The molecule has 2 aromatic heterocycles. The molecule has 0 aliphatic carbocycles. The Labute approximate surface area is 212 Å². The highest BCUT2D eigenvalue weighted by atomic mass is 79.9. The van der Waals surface area contributed by atoms with Gasteiger partial charge in [0.15, 0.2) is 5.76 Å². The summed E-state index contributed by atoms with van der Waals surface area (Å²) in [6, 6.07) is 24.0. The standard InChI is InChI=1S/C29H25BrN2O3/c1-3-34-21-11-8-18(9-12-21)27-28-23(22-6-4-5-7-24(22)31(28)2)14-15-32(27)29(33)26-17-19-16-20(30)10-13-25(19)35-26/h4-13,16-17,27H,3,14-15H2,1-2H3/t27-/m1/s1. The number of rotatable bonds is 4. The Hall–Kier alpha value is -3.51. The molecule has 176 valence electrons. The lowest BCUT2D eigenvalue weighted by atomic mass is 9.92. The van der Waals surface area contributed by atoms with Gasteiger partial charge in [0.25, 0.3) is 5.91 Å². The zero-order valence-corrected chi connectivity index (χ0v) is 21.2. The van der Waals surface area contributed by atoms with Gasteiger partial charge >= 0.3 is 0 Å². The Morgan fingerprint density at radius 3 is 2.69 bits per heavy atom. The van der Waals surface area contributed by atoms with Gasteiger partial charge in [0.1, 0.15) is 11.3 Å². The summed E-state index contributed by atoms with van der Waals surface area (Å²) in [5.74, 6) is 1.08. The van der Waals surface area contributed by atoms with Crippen LogP contribution in [0.25, 0.3) is 21.9 Å². The van der Waals surface area contributed by atoms with Crippen molar-refractivity contribution in [1.82, 2.24) is 9.47 Å². The topological polar surface area (TPSA) is 47.6 Å². The predicted molar refractivity (Wildman–Crippen MR) is 141 cm³/mol. The van der Waals surface area contributed by atoms with Crippen LogP contribution in [-0.2, 0) is 13.5 Å². The molecular weight excluding hydrogens is 504 g/mol. The van der Waals surface area contributed by atoms with Crippen molar-refractivity contribution < 1.29 is 13.9 Å². The fraction of sp³-hybridized carbons (Fsp3) is 0.207. The number of halogens is 1. The molecule has 0 radical (unpaired) electrons. The third kappa shape index (κ3) is 3.64. The first-order valence-corrected chi connectivity index (χ1v) is 12.6. The lowest BCUT2D eigenvalue weighted by molar-refractivity contribution is 0.0659. The van der Waals surface area contributed by atoms with E-state index in [2.05, 4.69) is 63.9 Å². The van der Waals surface area contributed by atoms with E-state index in [1.807, 2.05) is 48.2 Å². The van der Waals surface area contributed by atoms with E-state index >= 15 is 0 Å². The highest BCUT2D eigenvalue weighted by molar-refractivity contribution is 9.10. The Balaban J connectivity index is 1.49. The molecule has 1 atom stereocenters. The van der Waals surface area contributed by atoms with E-state index in [0.717, 1.165) is 33.3 Å². The van der Waals surface area contributed by atoms with Crippen LogP contribution < -0.4 is 4.74 Å². The molecule has 0 N–H and O–H groups in total. The van der Waals surface area contributed by atoms with E-state index in [9.17, 15) is 4.79 Å². The molecule has 6 rings (SSSR count). The molecule has 6 heteroatoms. The van der Waals surface area contributed by atoms with Gasteiger partial charge in [-0.25, -0.2) is 0 Å². The summed E-state index contributed by atoms with van der Waals surface area (Å²) in [7, 11) is 2.09. The molecular formula is C29H25BrN2O3. The van der Waals surface area contributed by atoms with Gasteiger partial charge in [-0.1, -0.05) is 46.3 Å². The predicted octanol–water partition coefficient (Wildman–Crippen LogP) is 6.87. The second-order valence-corrected chi connectivity index (χ2v) is 9.80. The van der Waals surface area contributed by atoms with Crippen molar-refractivity contribution >= 4 is 43.7 Å². The summed E-state index contributed by atoms with van der Waals surface area (Å²) >= 11 is 3.51. The van der Waals surface area contributed by atoms with Gasteiger partial charge in [-0.3, -0.25) is 4.79 Å². The van der Waals surface area contributed by atoms with Crippen LogP contribution in [-0.4, -0.2) is 28.5 Å². The molecule has 0 bridgehead atoms. The van der Waals surface area contributed by atoms with Gasteiger partial charge in [0.05, 0.1) is 12.6 Å². The van der Waals surface area contributed by atoms with E-state index in [0.29, 0.717) is 24.5 Å². The zero-order valence-electron chi connectivity index (χ0n) is 19.6. The Kier molecular flexibility index (Phi) is 5.41. The number of hydrogen-bond donors (Lipinski definition) is 0. The lowest BCUT2D eigenvalue weighted by Crippen LogP contribution is -2.41. The first kappa shape index (κ1) is 22.0. The number of carbonyl (C=O) groups is 1. The van der Waals surface area contributed by atoms with Crippen LogP contribution in [0.5, 0.6) is 5.75 Å². The summed E-state index contributed by atoms with van der Waals surface area (Å²) in [4.78, 5) is 15.9. The summed E-state index contributed by atoms with van der Waals surface area (Å²) in [6.45, 7) is 3.20. The Morgan fingerprint density at radius 2 is 1.89 bits per heavy atom. The monoisotopic (exact) mass is 528 g/mol. The van der Waals surface area contributed by atoms with Crippen LogP contribution in [0.3, 0.4) is 0 Å². The first-order chi connectivity index (χ1) is 17.0. The quantitative estimate of drug-likeness (QED) is 0.255. The van der Waals surface area contributed by atoms with E-state index in [1.165, 1.54) is 16.5 Å². The largest absolute Gasteiger partial charge is 0.494 e. The molecule has 5 aromatic rings. The zero-order chi connectivity index (χ0) is 24.1. The lowest BCUT2D eigenvalue weighted by Gasteiger charge is -2.36. The number of aromatic nitrogens is 1. The third-order valence-electron chi connectivity index (χ3n) is 6.89. The number of amides is 1. The summed E-state index contributed by atoms with van der Waals surface area (Å²) in [5, 5.41) is 2.16. The van der Waals surface area contributed by atoms with Crippen molar-refractivity contribution in [2.45, 2.75) is 19.4 Å². The van der Waals surface area contributed by atoms with Crippen molar-refractivity contribution in [2.75, 3.05) is 13.2 Å². The molecule has 0 saturated carbocycles. The first-order valence-electron chi connectivity index (χ1n) is 11.8. The number of aryl methyl sites for hydroxylation is 1. The highest BCUT2D eigenvalue weighted by Gasteiger charge is 2.37. The van der Waals surface area contributed by atoms with Crippen molar-refractivity contribution in [2.24, 2.45) is 7.05 Å². The van der Waals surface area contributed by atoms with Crippen molar-refractivity contribution in [1.29, 1.82) is 0 Å². The molecule has 1 aliphatic rings. The SMILES string of the molecule is CCOc1ccc([C@@H]2c3c(c4ccccc4n3C)CCN2C(=O)c2cc3cc(Br)ccc3o2)cc1. The number of carbonyl (C=O) groups excluding carboxylic acids is 1. The molecule has 0 saturated heterocycles. The molecule has 5 nitrogen and oxygen atoms in total. The molecule has 35 heavy (non-hydrogen) atoms. The molecule has 0 unspecified atom stereocenters. The number of hydrogen-bond acceptors (Lipinski definition) is 3. The van der Waals surface area contributed by atoms with Crippen molar-refractivity contribution in [3.63, 3.8) is 0 Å². The fourth-order valence-corrected chi connectivity index (χ4v) is 5.72. The van der Waals surface area contributed by atoms with Crippen LogP contribution in [0.4, 0.5) is 0 Å². The van der Waals surface area contributed by atoms with Crippen LogP contribution in [0, 0.1) is 0 Å². The number of ether oxygens (including phenoxy) is 1. The third-order valence-corrected chi connectivity index (χ3v) is 7.38. The van der Waals surface area contributed by atoms with E-state index < -0.39 is 0 Å². The highest BCUT2D eigenvalue weighted by Crippen LogP contribution is 2.41. The number of nitrogens with zero attached hydrogens (tertiary/aromatic N) is 2. The Bertz CT molecular complexity index is 1560. The van der Waals surface area contributed by atoms with Gasteiger partial charge < -0.3 is 18.6 Å². The maximum atomic E-state index is 13.9. The van der Waals surface area contributed by atoms with Gasteiger partial charge in [0.2, 0.25) is 0 Å². The van der Waals surface area contributed by atoms with Gasteiger partial charge in [0, 0.05) is 40.0 Å². The molecule has 3 aromatic carbocycles. The van der Waals surface area contributed by atoms with Gasteiger partial charge in [-0.05, 0) is 66.9 Å². The van der Waals surface area contributed by atoms with Crippen LogP contribution in [0.1, 0.15) is 40.3 Å². The van der Waals surface area contributed by atoms with Crippen molar-refractivity contribution in [3.8, 4) is 5.75 Å². The van der Waals surface area contributed by atoms with Crippen LogP contribution in [0.2, 0.25) is 0 Å². The second-order valence-electron chi connectivity index (χ2n) is 8.89.